The molecule has 0 atom stereocenters. The van der Waals surface area contributed by atoms with Crippen LogP contribution >= 0.6 is 11.3 Å². The van der Waals surface area contributed by atoms with Gasteiger partial charge in [0.15, 0.2) is 9.84 Å². The molecule has 3 aromatic rings. The molecule has 0 radical (unpaired) electrons. The second-order valence-electron chi connectivity index (χ2n) is 6.97. The molecule has 1 heterocycles. The normalized spacial score (nSPS) is 11.3. The molecule has 5 nitrogen and oxygen atoms in total. The fraction of sp³-hybridized carbons (Fsp3) is 0.273. The Morgan fingerprint density at radius 1 is 1.10 bits per heavy atom. The quantitative estimate of drug-likeness (QED) is 0.526. The van der Waals surface area contributed by atoms with Gasteiger partial charge < -0.3 is 5.32 Å². The minimum atomic E-state index is -3.18. The minimum Gasteiger partial charge on any atom is -0.356 e. The number of nitrogens with zero attached hydrogens (tertiary/aromatic N) is 1. The highest BCUT2D eigenvalue weighted by Crippen LogP contribution is 2.24. The fourth-order valence-electron chi connectivity index (χ4n) is 2.95. The van der Waals surface area contributed by atoms with Gasteiger partial charge in [-0.05, 0) is 25.0 Å². The van der Waals surface area contributed by atoms with Crippen molar-refractivity contribution in [3.8, 4) is 10.6 Å². The number of hydrogen-bond acceptors (Lipinski definition) is 5. The Morgan fingerprint density at radius 2 is 1.90 bits per heavy atom. The summed E-state index contributed by atoms with van der Waals surface area (Å²) in [5, 5.41) is 5.57. The third-order valence-corrected chi connectivity index (χ3v) is 6.97. The molecule has 29 heavy (non-hydrogen) atoms. The fourth-order valence-corrected chi connectivity index (χ4v) is 5.19. The second-order valence-corrected chi connectivity index (χ2v) is 10.0. The summed E-state index contributed by atoms with van der Waals surface area (Å²) in [6.07, 6.45) is 0.589. The Hall–Kier alpha value is -2.51. The van der Waals surface area contributed by atoms with E-state index in [4.69, 9.17) is 0 Å². The smallest absolute Gasteiger partial charge is 0.226 e. The van der Waals surface area contributed by atoms with Crippen molar-refractivity contribution in [3.05, 3.63) is 76.8 Å². The van der Waals surface area contributed by atoms with Gasteiger partial charge in [0.25, 0.3) is 0 Å². The molecule has 0 aliphatic carbocycles. The molecule has 7 heteroatoms. The summed E-state index contributed by atoms with van der Waals surface area (Å²) in [5.74, 6) is -0.0646. The number of amides is 1. The molecule has 0 spiro atoms. The van der Waals surface area contributed by atoms with Crippen molar-refractivity contribution in [1.82, 2.24) is 10.3 Å². The SMILES string of the molecule is Cc1cccc(-c2nc(CC(=O)NCCCS(=O)(=O)Cc3ccccc3)cs2)c1. The molecule has 0 saturated heterocycles. The lowest BCUT2D eigenvalue weighted by Gasteiger charge is -2.06. The lowest BCUT2D eigenvalue weighted by Crippen LogP contribution is -2.27. The molecule has 0 unspecified atom stereocenters. The molecule has 2 aromatic carbocycles. The standard InChI is InChI=1S/C22H24N2O3S2/c1-17-7-5-10-19(13-17)22-24-20(15-28-22)14-21(25)23-11-6-12-29(26,27)16-18-8-3-2-4-9-18/h2-5,7-10,13,15H,6,11-12,14,16H2,1H3,(H,23,25). The van der Waals surface area contributed by atoms with Crippen LogP contribution in [0.25, 0.3) is 10.6 Å². The van der Waals surface area contributed by atoms with Crippen molar-refractivity contribution in [2.24, 2.45) is 0 Å². The number of carbonyl (C=O) groups excluding carboxylic acids is 1. The number of aromatic nitrogens is 1. The lowest BCUT2D eigenvalue weighted by atomic mass is 10.1. The highest BCUT2D eigenvalue weighted by molar-refractivity contribution is 7.90. The Bertz CT molecular complexity index is 1060. The number of carbonyl (C=O) groups is 1. The number of nitrogens with one attached hydrogen (secondary N) is 1. The first-order valence-electron chi connectivity index (χ1n) is 9.44. The number of hydrogen-bond donors (Lipinski definition) is 1. The summed E-state index contributed by atoms with van der Waals surface area (Å²) >= 11 is 1.52. The summed E-state index contributed by atoms with van der Waals surface area (Å²) < 4.78 is 24.4. The van der Waals surface area contributed by atoms with Crippen molar-refractivity contribution in [3.63, 3.8) is 0 Å². The van der Waals surface area contributed by atoms with Gasteiger partial charge >= 0.3 is 0 Å². The highest BCUT2D eigenvalue weighted by Gasteiger charge is 2.13. The maximum atomic E-state index is 12.2. The zero-order chi connectivity index (χ0) is 20.7. The molecule has 1 amide bonds. The third kappa shape index (κ3) is 6.80. The average molecular weight is 429 g/mol. The first-order chi connectivity index (χ1) is 13.9. The predicted molar refractivity (Wildman–Crippen MR) is 118 cm³/mol. The van der Waals surface area contributed by atoms with E-state index in [9.17, 15) is 13.2 Å². The van der Waals surface area contributed by atoms with Crippen molar-refractivity contribution in [2.45, 2.75) is 25.5 Å². The molecule has 0 aliphatic heterocycles. The predicted octanol–water partition coefficient (Wildman–Crippen LogP) is 3.78. The molecule has 0 fully saturated rings. The van der Waals surface area contributed by atoms with E-state index in [1.54, 1.807) is 12.1 Å². The minimum absolute atomic E-state index is 0.0301. The van der Waals surface area contributed by atoms with E-state index in [1.165, 1.54) is 16.9 Å². The summed E-state index contributed by atoms with van der Waals surface area (Å²) in [4.78, 5) is 16.7. The van der Waals surface area contributed by atoms with Crippen LogP contribution in [0.2, 0.25) is 0 Å². The number of aryl methyl sites for hydroxylation is 1. The summed E-state index contributed by atoms with van der Waals surface area (Å²) in [6, 6.07) is 17.2. The maximum Gasteiger partial charge on any atom is 0.226 e. The second kappa shape index (κ2) is 9.80. The van der Waals surface area contributed by atoms with E-state index >= 15 is 0 Å². The first kappa shape index (κ1) is 21.2. The van der Waals surface area contributed by atoms with Gasteiger partial charge in [0.1, 0.15) is 5.01 Å². The van der Waals surface area contributed by atoms with Crippen LogP contribution in [0.1, 0.15) is 23.2 Å². The number of sulfone groups is 1. The highest BCUT2D eigenvalue weighted by atomic mass is 32.2. The molecule has 0 aliphatic rings. The van der Waals surface area contributed by atoms with E-state index in [-0.39, 0.29) is 23.8 Å². The molecule has 0 bridgehead atoms. The Kier molecular flexibility index (Phi) is 7.17. The van der Waals surface area contributed by atoms with Gasteiger partial charge in [-0.25, -0.2) is 13.4 Å². The average Bonchev–Trinajstić information content (AvgIpc) is 3.14. The van der Waals surface area contributed by atoms with Gasteiger partial charge in [-0.3, -0.25) is 4.79 Å². The summed E-state index contributed by atoms with van der Waals surface area (Å²) in [5.41, 5.74) is 3.72. The number of benzene rings is 2. The van der Waals surface area contributed by atoms with Gasteiger partial charge in [-0.15, -0.1) is 11.3 Å². The molecule has 152 valence electrons. The summed E-state index contributed by atoms with van der Waals surface area (Å²) in [6.45, 7) is 2.37. The van der Waals surface area contributed by atoms with Crippen molar-refractivity contribution in [1.29, 1.82) is 0 Å². The van der Waals surface area contributed by atoms with Crippen LogP contribution in [-0.2, 0) is 26.8 Å². The lowest BCUT2D eigenvalue weighted by molar-refractivity contribution is -0.120. The van der Waals surface area contributed by atoms with E-state index in [0.717, 1.165) is 21.8 Å². The van der Waals surface area contributed by atoms with Crippen molar-refractivity contribution in [2.75, 3.05) is 12.3 Å². The van der Waals surface area contributed by atoms with Crippen LogP contribution in [0.3, 0.4) is 0 Å². The van der Waals surface area contributed by atoms with Gasteiger partial charge in [-0.1, -0.05) is 54.1 Å². The topological polar surface area (TPSA) is 76.1 Å². The van der Waals surface area contributed by atoms with Crippen molar-refractivity contribution >= 4 is 27.1 Å². The van der Waals surface area contributed by atoms with Crippen LogP contribution in [-0.4, -0.2) is 31.6 Å². The van der Waals surface area contributed by atoms with Gasteiger partial charge in [0.2, 0.25) is 5.91 Å². The molecular formula is C22H24N2O3S2. The van der Waals surface area contributed by atoms with E-state index in [1.807, 2.05) is 48.7 Å². The molecule has 1 N–H and O–H groups in total. The van der Waals surface area contributed by atoms with Gasteiger partial charge in [0, 0.05) is 17.5 Å². The van der Waals surface area contributed by atoms with Crippen LogP contribution < -0.4 is 5.32 Å². The first-order valence-corrected chi connectivity index (χ1v) is 12.1. The van der Waals surface area contributed by atoms with E-state index in [0.29, 0.717) is 13.0 Å². The summed E-state index contributed by atoms with van der Waals surface area (Å²) in [7, 11) is -3.18. The molecule has 0 saturated carbocycles. The van der Waals surface area contributed by atoms with E-state index < -0.39 is 9.84 Å². The van der Waals surface area contributed by atoms with Crippen LogP contribution in [0.5, 0.6) is 0 Å². The Morgan fingerprint density at radius 3 is 2.66 bits per heavy atom. The Labute approximate surface area is 175 Å². The number of thiazole rings is 1. The van der Waals surface area contributed by atoms with Gasteiger partial charge in [0.05, 0.1) is 23.6 Å². The molecule has 3 rings (SSSR count). The largest absolute Gasteiger partial charge is 0.356 e. The van der Waals surface area contributed by atoms with Crippen LogP contribution in [0, 0.1) is 6.92 Å². The van der Waals surface area contributed by atoms with E-state index in [2.05, 4.69) is 16.4 Å². The number of rotatable bonds is 9. The Balaban J connectivity index is 1.42. The maximum absolute atomic E-state index is 12.2. The molecule has 1 aromatic heterocycles. The van der Waals surface area contributed by atoms with Crippen LogP contribution in [0.15, 0.2) is 60.0 Å². The van der Waals surface area contributed by atoms with Crippen molar-refractivity contribution < 1.29 is 13.2 Å². The monoisotopic (exact) mass is 428 g/mol. The van der Waals surface area contributed by atoms with Crippen LogP contribution in [0.4, 0.5) is 0 Å². The zero-order valence-corrected chi connectivity index (χ0v) is 17.9. The zero-order valence-electron chi connectivity index (χ0n) is 16.3. The third-order valence-electron chi connectivity index (χ3n) is 4.34. The molecular weight excluding hydrogens is 404 g/mol. The van der Waals surface area contributed by atoms with Gasteiger partial charge in [-0.2, -0.15) is 0 Å².